The number of rotatable bonds is 5. The molecule has 0 aliphatic heterocycles. The van der Waals surface area contributed by atoms with Crippen LogP contribution in [0.4, 0.5) is 28.4 Å². The van der Waals surface area contributed by atoms with E-state index in [1.807, 2.05) is 97.9 Å². The van der Waals surface area contributed by atoms with Crippen molar-refractivity contribution in [3.63, 3.8) is 0 Å². The van der Waals surface area contributed by atoms with Crippen LogP contribution >= 0.6 is 0 Å². The van der Waals surface area contributed by atoms with E-state index in [2.05, 4.69) is 20.5 Å². The molecule has 0 atom stereocenters. The van der Waals surface area contributed by atoms with Gasteiger partial charge in [0.25, 0.3) is 0 Å². The van der Waals surface area contributed by atoms with Gasteiger partial charge in [-0.15, -0.1) is 0 Å². The second kappa shape index (κ2) is 7.97. The first kappa shape index (κ1) is 16.5. The molecule has 0 saturated heterocycles. The molecular weight excluding hydrogens is 310 g/mol. The van der Waals surface area contributed by atoms with Crippen LogP contribution in [0.25, 0.3) is 0 Å². The van der Waals surface area contributed by atoms with Gasteiger partial charge in [0.2, 0.25) is 0 Å². The Balaban J connectivity index is 1.65. The summed E-state index contributed by atoms with van der Waals surface area (Å²) in [5.74, 6) is 0. The Kier molecular flexibility index (Phi) is 5.26. The summed E-state index contributed by atoms with van der Waals surface area (Å²) in [5.41, 5.74) is 4.33. The van der Waals surface area contributed by atoms with Gasteiger partial charge in [-0.1, -0.05) is 18.2 Å². The zero-order chi connectivity index (χ0) is 17.5. The summed E-state index contributed by atoms with van der Waals surface area (Å²) < 4.78 is 0. The molecule has 0 N–H and O–H groups in total. The van der Waals surface area contributed by atoms with E-state index in [4.69, 9.17) is 0 Å². The maximum absolute atomic E-state index is 4.25. The molecule has 25 heavy (non-hydrogen) atoms. The summed E-state index contributed by atoms with van der Waals surface area (Å²) in [6, 6.07) is 25.0. The molecule has 0 fully saturated rings. The highest BCUT2D eigenvalue weighted by Crippen LogP contribution is 2.24. The third kappa shape index (κ3) is 4.81. The zero-order valence-electron chi connectivity index (χ0n) is 14.2. The molecule has 0 amide bonds. The average molecular weight is 329 g/mol. The molecule has 3 aromatic rings. The Hall–Kier alpha value is -3.34. The second-order valence-corrected chi connectivity index (χ2v) is 5.66. The predicted molar refractivity (Wildman–Crippen MR) is 102 cm³/mol. The monoisotopic (exact) mass is 329 g/mol. The van der Waals surface area contributed by atoms with Crippen molar-refractivity contribution in [2.45, 2.75) is 0 Å². The van der Waals surface area contributed by atoms with Crippen LogP contribution in [0.3, 0.4) is 0 Å². The molecule has 0 saturated carbocycles. The standard InChI is InChI=1S/C20H19N5/c1-25(2)20-14-12-19(13-15-20)24-23-18-10-8-17(9-11-18)22-21-16-6-4-3-5-7-16/h3-15H,1-2H3. The van der Waals surface area contributed by atoms with E-state index in [0.717, 1.165) is 28.4 Å². The van der Waals surface area contributed by atoms with Crippen molar-refractivity contribution >= 4 is 28.4 Å². The van der Waals surface area contributed by atoms with Crippen molar-refractivity contribution in [2.24, 2.45) is 20.5 Å². The van der Waals surface area contributed by atoms with Crippen molar-refractivity contribution in [2.75, 3.05) is 19.0 Å². The molecule has 3 rings (SSSR count). The maximum atomic E-state index is 4.25. The fourth-order valence-electron chi connectivity index (χ4n) is 2.13. The van der Waals surface area contributed by atoms with Crippen molar-refractivity contribution < 1.29 is 0 Å². The van der Waals surface area contributed by atoms with Gasteiger partial charge < -0.3 is 4.90 Å². The second-order valence-electron chi connectivity index (χ2n) is 5.66. The highest BCUT2D eigenvalue weighted by molar-refractivity contribution is 5.52. The van der Waals surface area contributed by atoms with E-state index in [1.54, 1.807) is 0 Å². The molecule has 0 bridgehead atoms. The lowest BCUT2D eigenvalue weighted by atomic mass is 10.3. The minimum absolute atomic E-state index is 0.773. The van der Waals surface area contributed by atoms with Crippen LogP contribution in [0.2, 0.25) is 0 Å². The lowest BCUT2D eigenvalue weighted by Gasteiger charge is -2.11. The molecule has 0 radical (unpaired) electrons. The predicted octanol–water partition coefficient (Wildman–Crippen LogP) is 6.58. The molecule has 5 heteroatoms. The van der Waals surface area contributed by atoms with Gasteiger partial charge in [-0.25, -0.2) is 0 Å². The lowest BCUT2D eigenvalue weighted by Crippen LogP contribution is -2.07. The summed E-state index contributed by atoms with van der Waals surface area (Å²) in [6.45, 7) is 0. The van der Waals surface area contributed by atoms with Gasteiger partial charge in [0.1, 0.15) is 0 Å². The Morgan fingerprint density at radius 3 is 1.24 bits per heavy atom. The fraction of sp³-hybridized carbons (Fsp3) is 0.100. The molecule has 0 aromatic heterocycles. The van der Waals surface area contributed by atoms with Gasteiger partial charge in [-0.05, 0) is 60.7 Å². The third-order valence-electron chi connectivity index (χ3n) is 3.53. The van der Waals surface area contributed by atoms with E-state index in [9.17, 15) is 0 Å². The molecule has 0 spiro atoms. The smallest absolute Gasteiger partial charge is 0.0858 e. The Labute approximate surface area is 147 Å². The minimum Gasteiger partial charge on any atom is -0.378 e. The topological polar surface area (TPSA) is 52.7 Å². The molecule has 0 unspecified atom stereocenters. The van der Waals surface area contributed by atoms with Crippen LogP contribution in [-0.2, 0) is 0 Å². The molecule has 0 aliphatic carbocycles. The van der Waals surface area contributed by atoms with Crippen LogP contribution in [0.5, 0.6) is 0 Å². The number of hydrogen-bond donors (Lipinski definition) is 0. The van der Waals surface area contributed by atoms with E-state index < -0.39 is 0 Å². The van der Waals surface area contributed by atoms with Crippen LogP contribution in [0.1, 0.15) is 0 Å². The van der Waals surface area contributed by atoms with E-state index in [-0.39, 0.29) is 0 Å². The van der Waals surface area contributed by atoms with Gasteiger partial charge in [0, 0.05) is 19.8 Å². The largest absolute Gasteiger partial charge is 0.378 e. The third-order valence-corrected chi connectivity index (χ3v) is 3.53. The van der Waals surface area contributed by atoms with Crippen LogP contribution in [0, 0.1) is 0 Å². The summed E-state index contributed by atoms with van der Waals surface area (Å²) in [5, 5.41) is 16.9. The minimum atomic E-state index is 0.773. The van der Waals surface area contributed by atoms with E-state index >= 15 is 0 Å². The molecule has 3 aromatic carbocycles. The molecule has 124 valence electrons. The van der Waals surface area contributed by atoms with E-state index in [1.165, 1.54) is 0 Å². The Morgan fingerprint density at radius 1 is 0.480 bits per heavy atom. The number of hydrogen-bond acceptors (Lipinski definition) is 5. The van der Waals surface area contributed by atoms with Crippen LogP contribution in [-0.4, -0.2) is 14.1 Å². The highest BCUT2D eigenvalue weighted by Gasteiger charge is 1.96. The number of anilines is 1. The summed E-state index contributed by atoms with van der Waals surface area (Å²) >= 11 is 0. The number of benzene rings is 3. The molecule has 0 heterocycles. The van der Waals surface area contributed by atoms with Gasteiger partial charge in [0.05, 0.1) is 22.7 Å². The fourth-order valence-corrected chi connectivity index (χ4v) is 2.13. The number of nitrogens with zero attached hydrogens (tertiary/aromatic N) is 5. The quantitative estimate of drug-likeness (QED) is 0.487. The summed E-state index contributed by atoms with van der Waals surface area (Å²) in [6.07, 6.45) is 0. The molecular formula is C20H19N5. The highest BCUT2D eigenvalue weighted by atomic mass is 15.1. The normalized spacial score (nSPS) is 11.3. The van der Waals surface area contributed by atoms with Crippen molar-refractivity contribution in [3.8, 4) is 0 Å². The Morgan fingerprint density at radius 2 is 0.840 bits per heavy atom. The van der Waals surface area contributed by atoms with Crippen molar-refractivity contribution in [1.82, 2.24) is 0 Å². The first-order valence-corrected chi connectivity index (χ1v) is 7.97. The summed E-state index contributed by atoms with van der Waals surface area (Å²) in [7, 11) is 4.01. The Bertz CT molecular complexity index is 851. The number of azo groups is 2. The van der Waals surface area contributed by atoms with Crippen LogP contribution in [0.15, 0.2) is 99.3 Å². The van der Waals surface area contributed by atoms with Gasteiger partial charge in [0.15, 0.2) is 0 Å². The zero-order valence-corrected chi connectivity index (χ0v) is 14.2. The lowest BCUT2D eigenvalue weighted by molar-refractivity contribution is 1.13. The molecule has 5 nitrogen and oxygen atoms in total. The van der Waals surface area contributed by atoms with Gasteiger partial charge in [-0.2, -0.15) is 20.5 Å². The first-order valence-electron chi connectivity index (χ1n) is 7.97. The van der Waals surface area contributed by atoms with Crippen LogP contribution < -0.4 is 4.90 Å². The van der Waals surface area contributed by atoms with Gasteiger partial charge in [-0.3, -0.25) is 0 Å². The van der Waals surface area contributed by atoms with E-state index in [0.29, 0.717) is 0 Å². The van der Waals surface area contributed by atoms with Crippen molar-refractivity contribution in [1.29, 1.82) is 0 Å². The maximum Gasteiger partial charge on any atom is 0.0858 e. The van der Waals surface area contributed by atoms with Crippen molar-refractivity contribution in [3.05, 3.63) is 78.9 Å². The molecule has 0 aliphatic rings. The average Bonchev–Trinajstić information content (AvgIpc) is 2.67. The summed E-state index contributed by atoms with van der Waals surface area (Å²) in [4.78, 5) is 2.05. The SMILES string of the molecule is CN(C)c1ccc(N=Nc2ccc(N=Nc3ccccc3)cc2)cc1. The first-order chi connectivity index (χ1) is 12.2. The van der Waals surface area contributed by atoms with Gasteiger partial charge >= 0.3 is 0 Å².